The molecule has 0 aliphatic carbocycles. The Kier molecular flexibility index (Phi) is 7.79. The van der Waals surface area contributed by atoms with Crippen LogP contribution in [0.25, 0.3) is 21.5 Å². The lowest BCUT2D eigenvalue weighted by atomic mass is 9.99. The van der Waals surface area contributed by atoms with Gasteiger partial charge < -0.3 is 0 Å². The summed E-state index contributed by atoms with van der Waals surface area (Å²) in [5, 5.41) is 23.7. The first kappa shape index (κ1) is 27.1. The van der Waals surface area contributed by atoms with Gasteiger partial charge in [-0.1, -0.05) is 158 Å². The van der Waals surface area contributed by atoms with E-state index in [1.807, 2.05) is 97.1 Å². The molecule has 4 nitrogen and oxygen atoms in total. The standard InChI is InChI=1S/C40H30N4/c1-5-15-29(16-6-1)39(30-17-7-2-8-18-30)43-41-37-25-13-23-33-34-24-14-26-38(36(34)28-27-35(33)37)42-44-40(31-19-9-3-10-20-31)32-21-11-4-12-22-32/h1-28,39-40H. The summed E-state index contributed by atoms with van der Waals surface area (Å²) >= 11 is 0. The van der Waals surface area contributed by atoms with Crippen LogP contribution in [0.5, 0.6) is 0 Å². The molecule has 7 aromatic carbocycles. The van der Waals surface area contributed by atoms with Gasteiger partial charge >= 0.3 is 0 Å². The molecule has 0 saturated carbocycles. The van der Waals surface area contributed by atoms with Crippen molar-refractivity contribution in [2.45, 2.75) is 12.1 Å². The second-order valence-corrected chi connectivity index (χ2v) is 10.7. The number of hydrogen-bond acceptors (Lipinski definition) is 4. The van der Waals surface area contributed by atoms with Crippen molar-refractivity contribution in [3.8, 4) is 0 Å². The predicted molar refractivity (Wildman–Crippen MR) is 180 cm³/mol. The Balaban J connectivity index is 1.27. The van der Waals surface area contributed by atoms with E-state index < -0.39 is 0 Å². The molecule has 0 aliphatic heterocycles. The molecule has 4 heteroatoms. The third kappa shape index (κ3) is 5.66. The van der Waals surface area contributed by atoms with E-state index in [1.165, 1.54) is 0 Å². The fourth-order valence-corrected chi connectivity index (χ4v) is 5.70. The predicted octanol–water partition coefficient (Wildman–Crippen LogP) is 11.7. The Bertz CT molecular complexity index is 1830. The van der Waals surface area contributed by atoms with E-state index in [9.17, 15) is 0 Å². The van der Waals surface area contributed by atoms with E-state index in [-0.39, 0.29) is 12.1 Å². The largest absolute Gasteiger partial charge is 0.176 e. The molecule has 7 rings (SSSR count). The summed E-state index contributed by atoms with van der Waals surface area (Å²) in [6, 6.07) is 57.5. The fraction of sp³-hybridized carbons (Fsp3) is 0.0500. The molecule has 0 fully saturated rings. The number of benzene rings is 7. The molecule has 0 spiro atoms. The second kappa shape index (κ2) is 12.6. The van der Waals surface area contributed by atoms with E-state index >= 15 is 0 Å². The average Bonchev–Trinajstić information content (AvgIpc) is 3.10. The highest BCUT2D eigenvalue weighted by Crippen LogP contribution is 2.38. The van der Waals surface area contributed by atoms with Gasteiger partial charge in [-0.05, 0) is 45.2 Å². The molecule has 0 aliphatic rings. The van der Waals surface area contributed by atoms with Crippen molar-refractivity contribution in [1.29, 1.82) is 0 Å². The van der Waals surface area contributed by atoms with Gasteiger partial charge in [0, 0.05) is 10.8 Å². The van der Waals surface area contributed by atoms with Crippen LogP contribution in [-0.4, -0.2) is 0 Å². The highest BCUT2D eigenvalue weighted by Gasteiger charge is 2.15. The number of hydrogen-bond donors (Lipinski definition) is 0. The maximum absolute atomic E-state index is 4.88. The lowest BCUT2D eigenvalue weighted by Crippen LogP contribution is -1.96. The summed E-state index contributed by atoms with van der Waals surface area (Å²) < 4.78 is 0. The SMILES string of the molecule is c1ccc(C(N=Nc2cccc3c2ccc2c(N=NC(c4ccccc4)c4ccccc4)cccc23)c2ccccc2)cc1. The van der Waals surface area contributed by atoms with Gasteiger partial charge in [-0.25, -0.2) is 0 Å². The Morgan fingerprint density at radius 3 is 0.909 bits per heavy atom. The monoisotopic (exact) mass is 566 g/mol. The zero-order valence-electron chi connectivity index (χ0n) is 24.1. The van der Waals surface area contributed by atoms with Crippen molar-refractivity contribution in [2.75, 3.05) is 0 Å². The summed E-state index contributed by atoms with van der Waals surface area (Å²) in [6.07, 6.45) is 0. The van der Waals surface area contributed by atoms with Crippen molar-refractivity contribution >= 4 is 32.9 Å². The molecule has 0 unspecified atom stereocenters. The molecule has 0 bridgehead atoms. The van der Waals surface area contributed by atoms with Crippen LogP contribution >= 0.6 is 0 Å². The third-order valence-corrected chi connectivity index (χ3v) is 7.90. The first-order valence-electron chi connectivity index (χ1n) is 14.8. The topological polar surface area (TPSA) is 49.4 Å². The van der Waals surface area contributed by atoms with Crippen LogP contribution in [-0.2, 0) is 0 Å². The second-order valence-electron chi connectivity index (χ2n) is 10.7. The molecule has 0 atom stereocenters. The molecule has 44 heavy (non-hydrogen) atoms. The average molecular weight is 567 g/mol. The summed E-state index contributed by atoms with van der Waals surface area (Å²) in [5.41, 5.74) is 6.09. The number of rotatable bonds is 8. The summed E-state index contributed by atoms with van der Waals surface area (Å²) in [6.45, 7) is 0. The maximum atomic E-state index is 4.88. The van der Waals surface area contributed by atoms with Crippen molar-refractivity contribution in [3.05, 3.63) is 192 Å². The molecule has 0 heterocycles. The van der Waals surface area contributed by atoms with Gasteiger partial charge in [-0.15, -0.1) is 0 Å². The normalized spacial score (nSPS) is 11.9. The highest BCUT2D eigenvalue weighted by molar-refractivity contribution is 6.13. The first-order valence-corrected chi connectivity index (χ1v) is 14.8. The molecule has 0 aromatic heterocycles. The van der Waals surface area contributed by atoms with Gasteiger partial charge in [0.2, 0.25) is 0 Å². The smallest absolute Gasteiger partial charge is 0.121 e. The van der Waals surface area contributed by atoms with Gasteiger partial charge in [0.25, 0.3) is 0 Å². The number of nitrogens with zero attached hydrogens (tertiary/aromatic N) is 4. The quantitative estimate of drug-likeness (QED) is 0.130. The number of fused-ring (bicyclic) bond motifs is 3. The molecule has 7 aromatic rings. The fourth-order valence-electron chi connectivity index (χ4n) is 5.70. The van der Waals surface area contributed by atoms with Crippen molar-refractivity contribution in [2.24, 2.45) is 20.5 Å². The molecule has 210 valence electrons. The lowest BCUT2D eigenvalue weighted by Gasteiger charge is -2.13. The Morgan fingerprint density at radius 2 is 0.591 bits per heavy atom. The minimum absolute atomic E-state index is 0.192. The Morgan fingerprint density at radius 1 is 0.273 bits per heavy atom. The molecule has 0 radical (unpaired) electrons. The van der Waals surface area contributed by atoms with E-state index in [4.69, 9.17) is 20.5 Å². The van der Waals surface area contributed by atoms with Crippen LogP contribution in [0, 0.1) is 0 Å². The van der Waals surface area contributed by atoms with Gasteiger partial charge in [-0.3, -0.25) is 0 Å². The van der Waals surface area contributed by atoms with Crippen molar-refractivity contribution < 1.29 is 0 Å². The lowest BCUT2D eigenvalue weighted by molar-refractivity contribution is 0.810. The molecule has 0 N–H and O–H groups in total. The van der Waals surface area contributed by atoms with E-state index in [2.05, 4.69) is 72.8 Å². The molecule has 0 amide bonds. The zero-order chi connectivity index (χ0) is 29.6. The highest BCUT2D eigenvalue weighted by atomic mass is 15.1. The molecular formula is C40H30N4. The maximum Gasteiger partial charge on any atom is 0.121 e. The van der Waals surface area contributed by atoms with Gasteiger partial charge in [-0.2, -0.15) is 20.5 Å². The first-order chi connectivity index (χ1) is 21.8. The van der Waals surface area contributed by atoms with Crippen LogP contribution in [0.15, 0.2) is 190 Å². The van der Waals surface area contributed by atoms with Gasteiger partial charge in [0.1, 0.15) is 12.1 Å². The van der Waals surface area contributed by atoms with Crippen molar-refractivity contribution in [1.82, 2.24) is 0 Å². The van der Waals surface area contributed by atoms with Crippen LogP contribution in [0.1, 0.15) is 34.3 Å². The molecule has 0 saturated heterocycles. The Labute approximate surface area is 257 Å². The van der Waals surface area contributed by atoms with Gasteiger partial charge in [0.05, 0.1) is 11.4 Å². The minimum Gasteiger partial charge on any atom is -0.176 e. The number of azo groups is 2. The van der Waals surface area contributed by atoms with Crippen molar-refractivity contribution in [3.63, 3.8) is 0 Å². The zero-order valence-corrected chi connectivity index (χ0v) is 24.1. The van der Waals surface area contributed by atoms with Gasteiger partial charge in [0.15, 0.2) is 0 Å². The van der Waals surface area contributed by atoms with E-state index in [0.717, 1.165) is 55.2 Å². The summed E-state index contributed by atoms with van der Waals surface area (Å²) in [7, 11) is 0. The van der Waals surface area contributed by atoms with E-state index in [1.54, 1.807) is 0 Å². The van der Waals surface area contributed by atoms with Crippen LogP contribution in [0.4, 0.5) is 11.4 Å². The van der Waals surface area contributed by atoms with Crippen LogP contribution < -0.4 is 0 Å². The van der Waals surface area contributed by atoms with Crippen LogP contribution in [0.3, 0.4) is 0 Å². The van der Waals surface area contributed by atoms with Crippen LogP contribution in [0.2, 0.25) is 0 Å². The minimum atomic E-state index is -0.192. The van der Waals surface area contributed by atoms with E-state index in [0.29, 0.717) is 0 Å². The summed E-state index contributed by atoms with van der Waals surface area (Å²) in [5.74, 6) is 0. The third-order valence-electron chi connectivity index (χ3n) is 7.90. The Hall–Kier alpha value is -5.74. The summed E-state index contributed by atoms with van der Waals surface area (Å²) in [4.78, 5) is 0. The molecular weight excluding hydrogens is 536 g/mol.